The molecule has 0 aliphatic heterocycles. The van der Waals surface area contributed by atoms with Gasteiger partial charge < -0.3 is 10.5 Å². The monoisotopic (exact) mass is 247 g/mol. The predicted molar refractivity (Wildman–Crippen MR) is 53.4 cm³/mol. The van der Waals surface area contributed by atoms with Gasteiger partial charge in [0.2, 0.25) is 0 Å². The highest BCUT2D eigenvalue weighted by molar-refractivity contribution is 9.10. The van der Waals surface area contributed by atoms with Gasteiger partial charge in [0, 0.05) is 6.07 Å². The normalized spacial score (nSPS) is 10.2. The number of hydrogen-bond donors (Lipinski definition) is 1. The van der Waals surface area contributed by atoms with Crippen LogP contribution in [0.3, 0.4) is 0 Å². The molecule has 0 unspecified atom stereocenters. The number of hydrogen-bond acceptors (Lipinski definition) is 2. The van der Waals surface area contributed by atoms with Gasteiger partial charge in [0.15, 0.2) is 0 Å². The average molecular weight is 248 g/mol. The highest BCUT2D eigenvalue weighted by Crippen LogP contribution is 2.29. The van der Waals surface area contributed by atoms with Gasteiger partial charge >= 0.3 is 0 Å². The van der Waals surface area contributed by atoms with Gasteiger partial charge in [-0.15, -0.1) is 0 Å². The standard InChI is InChI=1S/C9H11BrFNO/c1-13-8-5-7(11)4-6(2-3-12)9(8)10/h4-5H,2-3,12H2,1H3. The predicted octanol–water partition coefficient (Wildman–Crippen LogP) is 2.10. The Morgan fingerprint density at radius 3 is 2.77 bits per heavy atom. The lowest BCUT2D eigenvalue weighted by Gasteiger charge is -2.08. The maximum absolute atomic E-state index is 13.0. The Bertz CT molecular complexity index is 304. The van der Waals surface area contributed by atoms with Crippen LogP contribution in [0.2, 0.25) is 0 Å². The zero-order valence-electron chi connectivity index (χ0n) is 7.31. The molecule has 0 atom stereocenters. The van der Waals surface area contributed by atoms with Gasteiger partial charge in [-0.3, -0.25) is 0 Å². The van der Waals surface area contributed by atoms with E-state index < -0.39 is 0 Å². The smallest absolute Gasteiger partial charge is 0.136 e. The summed E-state index contributed by atoms with van der Waals surface area (Å²) in [4.78, 5) is 0. The van der Waals surface area contributed by atoms with Gasteiger partial charge in [0.25, 0.3) is 0 Å². The largest absolute Gasteiger partial charge is 0.495 e. The van der Waals surface area contributed by atoms with E-state index in [1.54, 1.807) is 0 Å². The van der Waals surface area contributed by atoms with E-state index >= 15 is 0 Å². The van der Waals surface area contributed by atoms with Crippen molar-refractivity contribution in [2.24, 2.45) is 5.73 Å². The van der Waals surface area contributed by atoms with Crippen LogP contribution in [0.15, 0.2) is 16.6 Å². The molecule has 2 N–H and O–H groups in total. The van der Waals surface area contributed by atoms with Crippen LogP contribution in [-0.2, 0) is 6.42 Å². The van der Waals surface area contributed by atoms with Crippen LogP contribution in [0.5, 0.6) is 5.75 Å². The van der Waals surface area contributed by atoms with Crippen LogP contribution in [0.4, 0.5) is 4.39 Å². The third-order valence-electron chi connectivity index (χ3n) is 1.71. The molecule has 72 valence electrons. The Labute approximate surface area is 85.0 Å². The van der Waals surface area contributed by atoms with Crippen LogP contribution in [-0.4, -0.2) is 13.7 Å². The van der Waals surface area contributed by atoms with Gasteiger partial charge in [-0.05, 0) is 40.5 Å². The zero-order valence-corrected chi connectivity index (χ0v) is 8.90. The summed E-state index contributed by atoms with van der Waals surface area (Å²) in [5, 5.41) is 0. The molecular formula is C9H11BrFNO. The van der Waals surface area contributed by atoms with Crippen molar-refractivity contribution in [1.82, 2.24) is 0 Å². The van der Waals surface area contributed by atoms with Crippen LogP contribution in [0, 0.1) is 5.82 Å². The average Bonchev–Trinajstić information content (AvgIpc) is 2.11. The molecule has 1 rings (SSSR count). The van der Waals surface area contributed by atoms with Crippen LogP contribution in [0.1, 0.15) is 5.56 Å². The first kappa shape index (κ1) is 10.5. The highest BCUT2D eigenvalue weighted by atomic mass is 79.9. The quantitative estimate of drug-likeness (QED) is 0.888. The number of rotatable bonds is 3. The van der Waals surface area contributed by atoms with Gasteiger partial charge in [-0.25, -0.2) is 4.39 Å². The van der Waals surface area contributed by atoms with Crippen molar-refractivity contribution in [1.29, 1.82) is 0 Å². The molecule has 1 aromatic rings. The topological polar surface area (TPSA) is 35.2 Å². The van der Waals surface area contributed by atoms with Gasteiger partial charge in [-0.2, -0.15) is 0 Å². The number of methoxy groups -OCH3 is 1. The summed E-state index contributed by atoms with van der Waals surface area (Å²) in [5.41, 5.74) is 6.22. The minimum absolute atomic E-state index is 0.302. The van der Waals surface area contributed by atoms with Crippen molar-refractivity contribution in [3.63, 3.8) is 0 Å². The molecule has 0 bridgehead atoms. The molecule has 0 fully saturated rings. The molecule has 0 aromatic heterocycles. The third-order valence-corrected chi connectivity index (χ3v) is 2.61. The number of ether oxygens (including phenoxy) is 1. The Morgan fingerprint density at radius 1 is 1.54 bits per heavy atom. The van der Waals surface area contributed by atoms with Crippen molar-refractivity contribution >= 4 is 15.9 Å². The number of nitrogens with two attached hydrogens (primary N) is 1. The second kappa shape index (κ2) is 4.58. The van der Waals surface area contributed by atoms with Gasteiger partial charge in [0.05, 0.1) is 11.6 Å². The van der Waals surface area contributed by atoms with E-state index in [4.69, 9.17) is 10.5 Å². The summed E-state index contributed by atoms with van der Waals surface area (Å²) in [6.07, 6.45) is 0.634. The van der Waals surface area contributed by atoms with Crippen molar-refractivity contribution in [3.05, 3.63) is 28.0 Å². The molecule has 2 nitrogen and oxygen atoms in total. The van der Waals surface area contributed by atoms with E-state index in [9.17, 15) is 4.39 Å². The maximum atomic E-state index is 13.0. The molecule has 0 radical (unpaired) electrons. The SMILES string of the molecule is COc1cc(F)cc(CCN)c1Br. The molecule has 4 heteroatoms. The van der Waals surface area contributed by atoms with Crippen molar-refractivity contribution < 1.29 is 9.13 Å². The van der Waals surface area contributed by atoms with Crippen molar-refractivity contribution in [2.45, 2.75) is 6.42 Å². The lowest BCUT2D eigenvalue weighted by molar-refractivity contribution is 0.408. The molecule has 0 saturated heterocycles. The molecular weight excluding hydrogens is 237 g/mol. The van der Waals surface area contributed by atoms with E-state index in [1.807, 2.05) is 0 Å². The summed E-state index contributed by atoms with van der Waals surface area (Å²) in [6, 6.07) is 2.80. The maximum Gasteiger partial charge on any atom is 0.136 e. The van der Waals surface area contributed by atoms with Crippen LogP contribution < -0.4 is 10.5 Å². The molecule has 0 spiro atoms. The van der Waals surface area contributed by atoms with Gasteiger partial charge in [0.1, 0.15) is 11.6 Å². The molecule has 0 aliphatic rings. The Morgan fingerprint density at radius 2 is 2.23 bits per heavy atom. The molecule has 0 heterocycles. The molecule has 13 heavy (non-hydrogen) atoms. The Kier molecular flexibility index (Phi) is 3.69. The summed E-state index contributed by atoms with van der Waals surface area (Å²) in [5.74, 6) is 0.201. The lowest BCUT2D eigenvalue weighted by atomic mass is 10.1. The minimum Gasteiger partial charge on any atom is -0.495 e. The van der Waals surface area contributed by atoms with Crippen LogP contribution >= 0.6 is 15.9 Å². The van der Waals surface area contributed by atoms with Crippen LogP contribution in [0.25, 0.3) is 0 Å². The fourth-order valence-corrected chi connectivity index (χ4v) is 1.69. The van der Waals surface area contributed by atoms with Gasteiger partial charge in [-0.1, -0.05) is 0 Å². The summed E-state index contributed by atoms with van der Waals surface area (Å²) in [7, 11) is 1.51. The lowest BCUT2D eigenvalue weighted by Crippen LogP contribution is -2.04. The summed E-state index contributed by atoms with van der Waals surface area (Å²) in [6.45, 7) is 0.491. The third kappa shape index (κ3) is 2.42. The Hall–Kier alpha value is -0.610. The Balaban J connectivity index is 3.11. The second-order valence-corrected chi connectivity index (χ2v) is 3.41. The summed E-state index contributed by atoms with van der Waals surface area (Å²) >= 11 is 3.33. The fraction of sp³-hybridized carbons (Fsp3) is 0.333. The minimum atomic E-state index is -0.302. The van der Waals surface area contributed by atoms with Crippen molar-refractivity contribution in [3.8, 4) is 5.75 Å². The summed E-state index contributed by atoms with van der Waals surface area (Å²) < 4.78 is 18.7. The molecule has 1 aromatic carbocycles. The number of halogens is 2. The second-order valence-electron chi connectivity index (χ2n) is 2.62. The number of benzene rings is 1. The van der Waals surface area contributed by atoms with E-state index in [2.05, 4.69) is 15.9 Å². The van der Waals surface area contributed by atoms with E-state index in [0.29, 0.717) is 18.7 Å². The molecule has 0 saturated carbocycles. The molecule has 0 aliphatic carbocycles. The first-order valence-electron chi connectivity index (χ1n) is 3.91. The molecule has 0 amide bonds. The van der Waals surface area contributed by atoms with E-state index in [0.717, 1.165) is 10.0 Å². The first-order chi connectivity index (χ1) is 6.19. The van der Waals surface area contributed by atoms with E-state index in [1.165, 1.54) is 19.2 Å². The zero-order chi connectivity index (χ0) is 9.84. The van der Waals surface area contributed by atoms with E-state index in [-0.39, 0.29) is 5.82 Å². The fourth-order valence-electron chi connectivity index (χ4n) is 1.10. The first-order valence-corrected chi connectivity index (χ1v) is 4.70. The highest BCUT2D eigenvalue weighted by Gasteiger charge is 2.08. The van der Waals surface area contributed by atoms with Crippen molar-refractivity contribution in [2.75, 3.05) is 13.7 Å².